The van der Waals surface area contributed by atoms with Crippen LogP contribution >= 0.6 is 0 Å². The number of halogens is 1. The molecule has 1 aliphatic carbocycles. The van der Waals surface area contributed by atoms with Crippen LogP contribution in [0.1, 0.15) is 37.3 Å². The highest BCUT2D eigenvalue weighted by molar-refractivity contribution is 5.83. The molecule has 0 radical (unpaired) electrons. The molecule has 6 heteroatoms. The van der Waals surface area contributed by atoms with Gasteiger partial charge in [0, 0.05) is 19.6 Å². The third-order valence-corrected chi connectivity index (χ3v) is 4.95. The normalized spacial score (nSPS) is 22.2. The number of ether oxygens (including phenoxy) is 1. The van der Waals surface area contributed by atoms with E-state index < -0.39 is 11.6 Å². The lowest BCUT2D eigenvalue weighted by molar-refractivity contribution is -0.129. The van der Waals surface area contributed by atoms with E-state index in [0.717, 1.165) is 25.7 Å². The van der Waals surface area contributed by atoms with Crippen molar-refractivity contribution in [2.75, 3.05) is 32.8 Å². The van der Waals surface area contributed by atoms with Crippen LogP contribution in [0.25, 0.3) is 0 Å². The highest BCUT2D eigenvalue weighted by Crippen LogP contribution is 2.29. The van der Waals surface area contributed by atoms with Crippen molar-refractivity contribution in [1.29, 1.82) is 0 Å². The zero-order valence-electron chi connectivity index (χ0n) is 13.8. The van der Waals surface area contributed by atoms with Gasteiger partial charge in [-0.1, -0.05) is 25.0 Å². The van der Waals surface area contributed by atoms with E-state index in [4.69, 9.17) is 4.74 Å². The van der Waals surface area contributed by atoms with Gasteiger partial charge in [0.2, 0.25) is 5.91 Å². The predicted molar refractivity (Wildman–Crippen MR) is 88.0 cm³/mol. The lowest BCUT2D eigenvalue weighted by atomic mass is 10.0. The highest BCUT2D eigenvalue weighted by atomic mass is 19.1. The van der Waals surface area contributed by atoms with Crippen LogP contribution in [0, 0.1) is 5.82 Å². The van der Waals surface area contributed by atoms with E-state index in [0.29, 0.717) is 31.9 Å². The molecule has 0 aromatic heterocycles. The van der Waals surface area contributed by atoms with Crippen LogP contribution in [-0.2, 0) is 9.53 Å². The smallest absolute Gasteiger partial charge is 0.242 e. The molecule has 1 aromatic carbocycles. The van der Waals surface area contributed by atoms with Gasteiger partial charge in [-0.15, -0.1) is 0 Å². The van der Waals surface area contributed by atoms with Crippen molar-refractivity contribution < 1.29 is 19.0 Å². The maximum absolute atomic E-state index is 13.6. The molecule has 1 unspecified atom stereocenters. The van der Waals surface area contributed by atoms with Gasteiger partial charge in [-0.3, -0.25) is 9.69 Å². The first-order chi connectivity index (χ1) is 11.6. The van der Waals surface area contributed by atoms with E-state index in [-0.39, 0.29) is 18.3 Å². The minimum atomic E-state index is -0.798. The second-order valence-electron chi connectivity index (χ2n) is 6.76. The lowest BCUT2D eigenvalue weighted by Gasteiger charge is -2.34. The molecule has 132 valence electrons. The van der Waals surface area contributed by atoms with Crippen molar-refractivity contribution in [3.05, 3.63) is 35.6 Å². The Morgan fingerprint density at radius 1 is 1.33 bits per heavy atom. The maximum atomic E-state index is 13.6. The number of carbonyl (C=O) groups excluding carboxylic acids is 1. The second-order valence-corrected chi connectivity index (χ2v) is 6.76. The number of amides is 1. The number of nitrogens with one attached hydrogen (secondary N) is 1. The number of aliphatic hydroxyl groups is 1. The Balaban J connectivity index is 1.74. The van der Waals surface area contributed by atoms with E-state index in [1.165, 1.54) is 12.1 Å². The highest BCUT2D eigenvalue weighted by Gasteiger charge is 2.34. The van der Waals surface area contributed by atoms with Gasteiger partial charge in [-0.05, 0) is 30.5 Å². The Morgan fingerprint density at radius 3 is 2.71 bits per heavy atom. The minimum absolute atomic E-state index is 0.192. The number of benzene rings is 1. The van der Waals surface area contributed by atoms with Gasteiger partial charge in [-0.2, -0.15) is 0 Å². The molecule has 3 rings (SSSR count). The third kappa shape index (κ3) is 4.12. The summed E-state index contributed by atoms with van der Waals surface area (Å²) in [6.07, 6.45) is 3.41. The Bertz CT molecular complexity index is 569. The summed E-state index contributed by atoms with van der Waals surface area (Å²) in [5.41, 5.74) is -0.166. The van der Waals surface area contributed by atoms with Crippen molar-refractivity contribution in [1.82, 2.24) is 10.2 Å². The standard InChI is InChI=1S/C18H25FN2O3/c19-15-5-3-4-14(12-15)16(21-8-10-24-11-9-21)17(22)20-13-18(23)6-1-2-7-18/h3-5,12,16,23H,1-2,6-11,13H2,(H,20,22). The second kappa shape index (κ2) is 7.59. The van der Waals surface area contributed by atoms with E-state index in [9.17, 15) is 14.3 Å². The Kier molecular flexibility index (Phi) is 5.48. The Hall–Kier alpha value is -1.50. The topological polar surface area (TPSA) is 61.8 Å². The quantitative estimate of drug-likeness (QED) is 0.858. The van der Waals surface area contributed by atoms with Crippen LogP contribution < -0.4 is 5.32 Å². The summed E-state index contributed by atoms with van der Waals surface area (Å²) >= 11 is 0. The summed E-state index contributed by atoms with van der Waals surface area (Å²) in [6, 6.07) is 5.61. The van der Waals surface area contributed by atoms with Crippen molar-refractivity contribution >= 4 is 5.91 Å². The van der Waals surface area contributed by atoms with Crippen molar-refractivity contribution in [3.63, 3.8) is 0 Å². The maximum Gasteiger partial charge on any atom is 0.242 e. The molecule has 1 amide bonds. The van der Waals surface area contributed by atoms with Gasteiger partial charge in [0.15, 0.2) is 0 Å². The first-order valence-corrected chi connectivity index (χ1v) is 8.65. The van der Waals surface area contributed by atoms with E-state index in [2.05, 4.69) is 5.32 Å². The van der Waals surface area contributed by atoms with Gasteiger partial charge >= 0.3 is 0 Å². The predicted octanol–water partition coefficient (Wildman–Crippen LogP) is 1.62. The molecule has 1 atom stereocenters. The molecule has 2 N–H and O–H groups in total. The van der Waals surface area contributed by atoms with Crippen LogP contribution in [0.15, 0.2) is 24.3 Å². The monoisotopic (exact) mass is 336 g/mol. The number of hydrogen-bond acceptors (Lipinski definition) is 4. The molecule has 5 nitrogen and oxygen atoms in total. The zero-order valence-corrected chi connectivity index (χ0v) is 13.8. The molecule has 1 aliphatic heterocycles. The molecular weight excluding hydrogens is 311 g/mol. The third-order valence-electron chi connectivity index (χ3n) is 4.95. The Labute approximate surface area is 141 Å². The van der Waals surface area contributed by atoms with Crippen LogP contribution in [0.2, 0.25) is 0 Å². The number of hydrogen-bond donors (Lipinski definition) is 2. The molecule has 1 heterocycles. The van der Waals surface area contributed by atoms with E-state index in [1.54, 1.807) is 12.1 Å². The number of rotatable bonds is 5. The van der Waals surface area contributed by atoms with Gasteiger partial charge in [0.25, 0.3) is 0 Å². The van der Waals surface area contributed by atoms with Crippen molar-refractivity contribution in [2.45, 2.75) is 37.3 Å². The molecule has 0 bridgehead atoms. The summed E-state index contributed by atoms with van der Waals surface area (Å²) in [5.74, 6) is -0.546. The number of nitrogens with zero attached hydrogens (tertiary/aromatic N) is 1. The fourth-order valence-corrected chi connectivity index (χ4v) is 3.60. The molecule has 2 aliphatic rings. The van der Waals surface area contributed by atoms with Crippen molar-refractivity contribution in [2.24, 2.45) is 0 Å². The molecule has 0 spiro atoms. The molecular formula is C18H25FN2O3. The summed E-state index contributed by atoms with van der Waals surface area (Å²) < 4.78 is 19.0. The lowest BCUT2D eigenvalue weighted by Crippen LogP contribution is -2.49. The molecule has 1 aromatic rings. The van der Waals surface area contributed by atoms with Crippen LogP contribution in [-0.4, -0.2) is 54.4 Å². The van der Waals surface area contributed by atoms with Crippen LogP contribution in [0.5, 0.6) is 0 Å². The largest absolute Gasteiger partial charge is 0.388 e. The SMILES string of the molecule is O=C(NCC1(O)CCCC1)C(c1cccc(F)c1)N1CCOCC1. The summed E-state index contributed by atoms with van der Waals surface area (Å²) in [6.45, 7) is 2.62. The van der Waals surface area contributed by atoms with Gasteiger partial charge in [-0.25, -0.2) is 4.39 Å². The van der Waals surface area contributed by atoms with Crippen LogP contribution in [0.4, 0.5) is 4.39 Å². The molecule has 24 heavy (non-hydrogen) atoms. The number of carbonyl (C=O) groups is 1. The summed E-state index contributed by atoms with van der Waals surface area (Å²) in [7, 11) is 0. The van der Waals surface area contributed by atoms with Gasteiger partial charge in [0.05, 0.1) is 18.8 Å². The molecule has 1 saturated carbocycles. The molecule has 1 saturated heterocycles. The summed E-state index contributed by atoms with van der Waals surface area (Å²) in [4.78, 5) is 14.8. The van der Waals surface area contributed by atoms with Crippen LogP contribution in [0.3, 0.4) is 0 Å². The fourth-order valence-electron chi connectivity index (χ4n) is 3.60. The average molecular weight is 336 g/mol. The first kappa shape index (κ1) is 17.3. The average Bonchev–Trinajstić information content (AvgIpc) is 3.02. The summed E-state index contributed by atoms with van der Waals surface area (Å²) in [5, 5.41) is 13.3. The van der Waals surface area contributed by atoms with Gasteiger partial charge < -0.3 is 15.2 Å². The Morgan fingerprint density at radius 2 is 2.04 bits per heavy atom. The van der Waals surface area contributed by atoms with Gasteiger partial charge in [0.1, 0.15) is 11.9 Å². The van der Waals surface area contributed by atoms with E-state index in [1.807, 2.05) is 4.90 Å². The van der Waals surface area contributed by atoms with Crippen molar-refractivity contribution in [3.8, 4) is 0 Å². The van der Waals surface area contributed by atoms with E-state index >= 15 is 0 Å². The number of morpholine rings is 1. The molecule has 2 fully saturated rings. The first-order valence-electron chi connectivity index (χ1n) is 8.65. The minimum Gasteiger partial charge on any atom is -0.388 e. The zero-order chi connectivity index (χ0) is 17.0. The fraction of sp³-hybridized carbons (Fsp3) is 0.611.